The average Bonchev–Trinajstić information content (AvgIpc) is 2.38. The van der Waals surface area contributed by atoms with Crippen LogP contribution >= 0.6 is 0 Å². The summed E-state index contributed by atoms with van der Waals surface area (Å²) in [7, 11) is 0. The van der Waals surface area contributed by atoms with Crippen LogP contribution in [0.5, 0.6) is 5.75 Å². The first-order valence-corrected chi connectivity index (χ1v) is 6.77. The molecule has 19 heavy (non-hydrogen) atoms. The molecule has 2 rings (SSSR count). The molecule has 1 aliphatic rings. The Bertz CT molecular complexity index is 460. The zero-order valence-corrected chi connectivity index (χ0v) is 11.2. The highest BCUT2D eigenvalue weighted by Crippen LogP contribution is 2.32. The molecule has 1 saturated carbocycles. The molecule has 0 radical (unpaired) electrons. The molecule has 104 valence electrons. The van der Waals surface area contributed by atoms with Gasteiger partial charge in [-0.3, -0.25) is 4.79 Å². The predicted molar refractivity (Wildman–Crippen MR) is 73.0 cm³/mol. The lowest BCUT2D eigenvalue weighted by Crippen LogP contribution is -2.53. The summed E-state index contributed by atoms with van der Waals surface area (Å²) < 4.78 is 0. The molecule has 0 aromatic heterocycles. The molecule has 2 atom stereocenters. The molecule has 1 amide bonds. The monoisotopic (exact) mass is 263 g/mol. The maximum absolute atomic E-state index is 12.2. The van der Waals surface area contributed by atoms with Gasteiger partial charge in [-0.05, 0) is 37.0 Å². The van der Waals surface area contributed by atoms with Crippen molar-refractivity contribution in [2.75, 3.05) is 6.61 Å². The molecule has 4 nitrogen and oxygen atoms in total. The van der Waals surface area contributed by atoms with Gasteiger partial charge in [0.25, 0.3) is 5.91 Å². The third-order valence-corrected chi connectivity index (χ3v) is 3.88. The van der Waals surface area contributed by atoms with Crippen molar-refractivity contribution in [3.8, 4) is 5.75 Å². The van der Waals surface area contributed by atoms with Crippen LogP contribution in [0, 0.1) is 5.92 Å². The number of hydrogen-bond donors (Lipinski definition) is 3. The lowest BCUT2D eigenvalue weighted by atomic mass is 9.76. The Balaban J connectivity index is 2.12. The minimum Gasteiger partial charge on any atom is -0.508 e. The van der Waals surface area contributed by atoms with Crippen LogP contribution in [0.15, 0.2) is 24.3 Å². The fourth-order valence-electron chi connectivity index (χ4n) is 2.92. The molecule has 0 spiro atoms. The van der Waals surface area contributed by atoms with Crippen molar-refractivity contribution in [2.45, 2.75) is 38.1 Å². The predicted octanol–water partition coefficient (Wildman–Crippen LogP) is 2.06. The number of carbonyl (C=O) groups is 1. The van der Waals surface area contributed by atoms with Gasteiger partial charge >= 0.3 is 0 Å². The lowest BCUT2D eigenvalue weighted by Gasteiger charge is -2.39. The Labute approximate surface area is 113 Å². The number of phenols is 1. The summed E-state index contributed by atoms with van der Waals surface area (Å²) in [6.07, 6.45) is 3.76. The van der Waals surface area contributed by atoms with Gasteiger partial charge in [0.2, 0.25) is 0 Å². The third kappa shape index (κ3) is 3.26. The number of rotatable bonds is 3. The average molecular weight is 263 g/mol. The topological polar surface area (TPSA) is 69.6 Å². The van der Waals surface area contributed by atoms with Crippen molar-refractivity contribution in [3.63, 3.8) is 0 Å². The van der Waals surface area contributed by atoms with E-state index in [2.05, 4.69) is 12.2 Å². The van der Waals surface area contributed by atoms with Gasteiger partial charge in [0.1, 0.15) is 5.75 Å². The molecular formula is C15H21NO3. The van der Waals surface area contributed by atoms with Crippen molar-refractivity contribution in [3.05, 3.63) is 29.8 Å². The molecule has 4 heteroatoms. The maximum atomic E-state index is 12.2. The van der Waals surface area contributed by atoms with Crippen molar-refractivity contribution >= 4 is 5.91 Å². The number of nitrogens with one attached hydrogen (secondary N) is 1. The lowest BCUT2D eigenvalue weighted by molar-refractivity contribution is 0.0697. The standard InChI is InChI=1S/C15H21NO3/c1-11-4-3-7-15(9-11,10-17)16-14(19)12-5-2-6-13(18)8-12/h2,5-6,8,11,17-18H,3-4,7,9-10H2,1H3,(H,16,19). The molecule has 1 aliphatic carbocycles. The van der Waals surface area contributed by atoms with Gasteiger partial charge in [0.15, 0.2) is 0 Å². The van der Waals surface area contributed by atoms with Crippen LogP contribution in [0.1, 0.15) is 43.0 Å². The molecule has 1 aromatic rings. The van der Waals surface area contributed by atoms with Gasteiger partial charge in [-0.15, -0.1) is 0 Å². The highest BCUT2D eigenvalue weighted by Gasteiger charge is 2.35. The van der Waals surface area contributed by atoms with Crippen LogP contribution in [-0.2, 0) is 0 Å². The molecule has 0 heterocycles. The number of aliphatic hydroxyl groups excluding tert-OH is 1. The zero-order valence-electron chi connectivity index (χ0n) is 11.2. The van der Waals surface area contributed by atoms with Gasteiger partial charge in [0.05, 0.1) is 12.1 Å². The van der Waals surface area contributed by atoms with E-state index in [0.717, 1.165) is 25.7 Å². The van der Waals surface area contributed by atoms with Crippen LogP contribution < -0.4 is 5.32 Å². The Morgan fingerprint density at radius 1 is 1.53 bits per heavy atom. The van der Waals surface area contributed by atoms with E-state index in [9.17, 15) is 15.0 Å². The van der Waals surface area contributed by atoms with Crippen LogP contribution in [0.3, 0.4) is 0 Å². The first-order chi connectivity index (χ1) is 9.04. The number of carbonyl (C=O) groups excluding carboxylic acids is 1. The number of benzene rings is 1. The van der Waals surface area contributed by atoms with Crippen molar-refractivity contribution in [1.82, 2.24) is 5.32 Å². The highest BCUT2D eigenvalue weighted by molar-refractivity contribution is 5.95. The first-order valence-electron chi connectivity index (χ1n) is 6.77. The molecule has 0 saturated heterocycles. The van der Waals surface area contributed by atoms with E-state index in [1.54, 1.807) is 12.1 Å². The number of aliphatic hydroxyl groups is 1. The van der Waals surface area contributed by atoms with E-state index in [1.807, 2.05) is 0 Å². The van der Waals surface area contributed by atoms with Crippen molar-refractivity contribution in [2.24, 2.45) is 5.92 Å². The normalized spacial score (nSPS) is 26.9. The van der Waals surface area contributed by atoms with Gasteiger partial charge in [-0.1, -0.05) is 25.8 Å². The smallest absolute Gasteiger partial charge is 0.251 e. The Morgan fingerprint density at radius 3 is 2.95 bits per heavy atom. The second kappa shape index (κ2) is 5.61. The first kappa shape index (κ1) is 13.9. The zero-order chi connectivity index (χ0) is 13.9. The Morgan fingerprint density at radius 2 is 2.32 bits per heavy atom. The summed E-state index contributed by atoms with van der Waals surface area (Å²) in [5.41, 5.74) is -0.0914. The second-order valence-electron chi connectivity index (χ2n) is 5.64. The SMILES string of the molecule is CC1CCCC(CO)(NC(=O)c2cccc(O)c2)C1. The van der Waals surface area contributed by atoms with Gasteiger partial charge in [0, 0.05) is 5.56 Å². The van der Waals surface area contributed by atoms with E-state index in [4.69, 9.17) is 0 Å². The Hall–Kier alpha value is -1.55. The minimum absolute atomic E-state index is 0.0398. The fraction of sp³-hybridized carbons (Fsp3) is 0.533. The van der Waals surface area contributed by atoms with Crippen molar-refractivity contribution < 1.29 is 15.0 Å². The van der Waals surface area contributed by atoms with Crippen LogP contribution in [-0.4, -0.2) is 28.3 Å². The van der Waals surface area contributed by atoms with Crippen molar-refractivity contribution in [1.29, 1.82) is 0 Å². The quantitative estimate of drug-likeness (QED) is 0.782. The van der Waals surface area contributed by atoms with E-state index in [0.29, 0.717) is 11.5 Å². The Kier molecular flexibility index (Phi) is 4.10. The fourth-order valence-corrected chi connectivity index (χ4v) is 2.92. The van der Waals surface area contributed by atoms with Gasteiger partial charge in [-0.2, -0.15) is 0 Å². The largest absolute Gasteiger partial charge is 0.508 e. The van der Waals surface area contributed by atoms with E-state index in [-0.39, 0.29) is 18.3 Å². The van der Waals surface area contributed by atoms with Gasteiger partial charge < -0.3 is 15.5 Å². The minimum atomic E-state index is -0.514. The summed E-state index contributed by atoms with van der Waals surface area (Å²) in [5.74, 6) is 0.340. The number of aromatic hydroxyl groups is 1. The molecule has 2 unspecified atom stereocenters. The molecule has 0 bridgehead atoms. The molecule has 0 aliphatic heterocycles. The van der Waals surface area contributed by atoms with E-state index in [1.165, 1.54) is 12.1 Å². The second-order valence-corrected chi connectivity index (χ2v) is 5.64. The summed E-state index contributed by atoms with van der Waals surface area (Å²) >= 11 is 0. The summed E-state index contributed by atoms with van der Waals surface area (Å²) in [4.78, 5) is 12.2. The highest BCUT2D eigenvalue weighted by atomic mass is 16.3. The third-order valence-electron chi connectivity index (χ3n) is 3.88. The van der Waals surface area contributed by atoms with Crippen LogP contribution in [0.4, 0.5) is 0 Å². The van der Waals surface area contributed by atoms with Crippen LogP contribution in [0.2, 0.25) is 0 Å². The summed E-state index contributed by atoms with van der Waals surface area (Å²) in [6, 6.07) is 6.26. The summed E-state index contributed by atoms with van der Waals surface area (Å²) in [6.45, 7) is 2.10. The summed E-state index contributed by atoms with van der Waals surface area (Å²) in [5, 5.41) is 22.0. The molecule has 1 aromatic carbocycles. The molecule has 1 fully saturated rings. The number of phenolic OH excluding ortho intramolecular Hbond substituents is 1. The number of hydrogen-bond acceptors (Lipinski definition) is 3. The molecule has 3 N–H and O–H groups in total. The van der Waals surface area contributed by atoms with E-state index < -0.39 is 5.54 Å². The van der Waals surface area contributed by atoms with Crippen LogP contribution in [0.25, 0.3) is 0 Å². The number of amides is 1. The maximum Gasteiger partial charge on any atom is 0.251 e. The van der Waals surface area contributed by atoms with Gasteiger partial charge in [-0.25, -0.2) is 0 Å². The van der Waals surface area contributed by atoms with E-state index >= 15 is 0 Å². The molecular weight excluding hydrogens is 242 g/mol.